The summed E-state index contributed by atoms with van der Waals surface area (Å²) >= 11 is 6.39. The van der Waals surface area contributed by atoms with Crippen LogP contribution in [0, 0.1) is 0 Å². The molecule has 2 aromatic carbocycles. The molecule has 1 N–H and O–H groups in total. The van der Waals surface area contributed by atoms with E-state index in [9.17, 15) is 9.59 Å². The van der Waals surface area contributed by atoms with Crippen LogP contribution in [0.25, 0.3) is 11.3 Å². The maximum Gasteiger partial charge on any atom is 0.410 e. The Balaban J connectivity index is 1.84. The number of pyridine rings is 1. The number of hydrogen-bond donors (Lipinski definition) is 1. The van der Waals surface area contributed by atoms with Crippen LogP contribution in [-0.2, 0) is 13.9 Å². The molecule has 8 nitrogen and oxygen atoms in total. The summed E-state index contributed by atoms with van der Waals surface area (Å²) < 4.78 is 17.5. The number of methoxy groups -OCH3 is 1. The highest BCUT2D eigenvalue weighted by molar-refractivity contribution is 6.74. The second-order valence-corrected chi connectivity index (χ2v) is 18.4. The third-order valence-electron chi connectivity index (χ3n) is 7.51. The molecule has 1 aromatic heterocycles. The molecule has 3 aromatic rings. The molecule has 0 saturated carbocycles. The normalized spacial score (nSPS) is 12.8. The third kappa shape index (κ3) is 10.1. The Labute approximate surface area is 268 Å². The van der Waals surface area contributed by atoms with Gasteiger partial charge in [-0.3, -0.25) is 0 Å². The van der Waals surface area contributed by atoms with Crippen molar-refractivity contribution in [3.8, 4) is 11.3 Å². The maximum atomic E-state index is 13.5. The Morgan fingerprint density at radius 1 is 0.977 bits per heavy atom. The van der Waals surface area contributed by atoms with Crippen molar-refractivity contribution in [2.45, 2.75) is 71.4 Å². The van der Waals surface area contributed by atoms with Gasteiger partial charge in [-0.1, -0.05) is 62.7 Å². The molecule has 0 aliphatic carbocycles. The first-order valence-corrected chi connectivity index (χ1v) is 18.1. The highest BCUT2D eigenvalue weighted by Gasteiger charge is 2.40. The molecular weight excluding hydrogens is 594 g/mol. The predicted octanol–water partition coefficient (Wildman–Crippen LogP) is 8.60. The monoisotopic (exact) mass is 639 g/mol. The van der Waals surface area contributed by atoms with Crippen molar-refractivity contribution < 1.29 is 23.5 Å². The summed E-state index contributed by atoms with van der Waals surface area (Å²) in [6.07, 6.45) is -0.804. The standard InChI is InChI=1S/C34H46ClN3O5Si/c1-33(2,3)42-32(40)38(23-30(25-14-10-15-26(35)21-25)43-44(8,9)34(4,5)6)20-19-36-27-16-11-13-24(22-27)28-17-12-18-29(37-28)31(39)41-7/h10-18,21-22,30,36H,19-20,23H2,1-9H3/t30-/m0/s1. The Morgan fingerprint density at radius 3 is 2.30 bits per heavy atom. The molecule has 44 heavy (non-hydrogen) atoms. The van der Waals surface area contributed by atoms with E-state index in [1.54, 1.807) is 17.0 Å². The highest BCUT2D eigenvalue weighted by Crippen LogP contribution is 2.40. The molecule has 0 fully saturated rings. The number of halogens is 1. The van der Waals surface area contributed by atoms with Crippen molar-refractivity contribution in [3.63, 3.8) is 0 Å². The van der Waals surface area contributed by atoms with Crippen LogP contribution >= 0.6 is 11.6 Å². The molecule has 1 atom stereocenters. The Morgan fingerprint density at radius 2 is 1.66 bits per heavy atom. The Bertz CT molecular complexity index is 1430. The van der Waals surface area contributed by atoms with Crippen molar-refractivity contribution in [1.29, 1.82) is 0 Å². The first kappa shape index (κ1) is 35.1. The number of ether oxygens (including phenoxy) is 2. The summed E-state index contributed by atoms with van der Waals surface area (Å²) in [6.45, 7) is 17.7. The van der Waals surface area contributed by atoms with Crippen molar-refractivity contribution in [2.24, 2.45) is 0 Å². The van der Waals surface area contributed by atoms with E-state index < -0.39 is 32.1 Å². The van der Waals surface area contributed by atoms with Crippen LogP contribution in [0.5, 0.6) is 0 Å². The van der Waals surface area contributed by atoms with E-state index >= 15 is 0 Å². The molecule has 238 valence electrons. The second kappa shape index (κ2) is 14.6. The minimum atomic E-state index is -2.23. The van der Waals surface area contributed by atoms with E-state index in [-0.39, 0.29) is 10.7 Å². The lowest BCUT2D eigenvalue weighted by atomic mass is 10.1. The van der Waals surface area contributed by atoms with Gasteiger partial charge in [0, 0.05) is 29.4 Å². The van der Waals surface area contributed by atoms with Gasteiger partial charge in [-0.15, -0.1) is 0 Å². The van der Waals surface area contributed by atoms with Crippen molar-refractivity contribution >= 4 is 37.7 Å². The molecule has 0 unspecified atom stereocenters. The summed E-state index contributed by atoms with van der Waals surface area (Å²) in [5.74, 6) is -0.489. The lowest BCUT2D eigenvalue weighted by Crippen LogP contribution is -2.46. The largest absolute Gasteiger partial charge is 0.464 e. The van der Waals surface area contributed by atoms with Crippen LogP contribution in [-0.4, -0.2) is 62.6 Å². The summed E-state index contributed by atoms with van der Waals surface area (Å²) in [5, 5.41) is 4.01. The van der Waals surface area contributed by atoms with Gasteiger partial charge in [0.05, 0.1) is 25.5 Å². The van der Waals surface area contributed by atoms with Crippen molar-refractivity contribution in [2.75, 3.05) is 32.1 Å². The predicted molar refractivity (Wildman–Crippen MR) is 180 cm³/mol. The lowest BCUT2D eigenvalue weighted by Gasteiger charge is -2.40. The minimum absolute atomic E-state index is 0.0294. The quantitative estimate of drug-likeness (QED) is 0.166. The second-order valence-electron chi connectivity index (χ2n) is 13.3. The smallest absolute Gasteiger partial charge is 0.410 e. The van der Waals surface area contributed by atoms with Gasteiger partial charge in [0.1, 0.15) is 11.3 Å². The first-order chi connectivity index (χ1) is 20.5. The van der Waals surface area contributed by atoms with Crippen LogP contribution < -0.4 is 5.32 Å². The molecule has 0 aliphatic heterocycles. The fourth-order valence-electron chi connectivity index (χ4n) is 4.17. The van der Waals surface area contributed by atoms with Crippen molar-refractivity contribution in [3.05, 3.63) is 83.0 Å². The fraction of sp³-hybridized carbons (Fsp3) is 0.441. The number of carbonyl (C=O) groups is 2. The zero-order valence-electron chi connectivity index (χ0n) is 27.4. The van der Waals surface area contributed by atoms with E-state index in [2.05, 4.69) is 44.2 Å². The molecule has 0 saturated heterocycles. The number of benzene rings is 2. The molecule has 0 radical (unpaired) electrons. The molecule has 0 aliphatic rings. The van der Waals surface area contributed by atoms with Gasteiger partial charge in [-0.2, -0.15) is 0 Å². The summed E-state index contributed by atoms with van der Waals surface area (Å²) in [5.41, 5.74) is 2.84. The number of carbonyl (C=O) groups excluding carboxylic acids is 2. The molecule has 10 heteroatoms. The summed E-state index contributed by atoms with van der Waals surface area (Å²) in [6, 6.07) is 20.6. The van der Waals surface area contributed by atoms with E-state index in [1.807, 2.05) is 75.4 Å². The molecule has 1 heterocycles. The molecule has 0 spiro atoms. The maximum absolute atomic E-state index is 13.5. The average Bonchev–Trinajstić information content (AvgIpc) is 2.94. The minimum Gasteiger partial charge on any atom is -0.464 e. The van der Waals surface area contributed by atoms with Gasteiger partial charge < -0.3 is 24.1 Å². The van der Waals surface area contributed by atoms with Gasteiger partial charge in [0.2, 0.25) is 0 Å². The van der Waals surface area contributed by atoms with Crippen LogP contribution in [0.2, 0.25) is 23.2 Å². The van der Waals surface area contributed by atoms with E-state index in [0.29, 0.717) is 30.4 Å². The number of anilines is 1. The summed E-state index contributed by atoms with van der Waals surface area (Å²) in [4.78, 5) is 31.6. The van der Waals surface area contributed by atoms with Gasteiger partial charge in [0.25, 0.3) is 0 Å². The average molecular weight is 640 g/mol. The number of nitrogens with zero attached hydrogens (tertiary/aromatic N) is 2. The Kier molecular flexibility index (Phi) is 11.6. The third-order valence-corrected chi connectivity index (χ3v) is 12.2. The van der Waals surface area contributed by atoms with Crippen LogP contribution in [0.4, 0.5) is 10.5 Å². The topological polar surface area (TPSA) is 90.0 Å². The van der Waals surface area contributed by atoms with E-state index in [4.69, 9.17) is 25.5 Å². The van der Waals surface area contributed by atoms with E-state index in [1.165, 1.54) is 7.11 Å². The number of amides is 1. The molecule has 0 bridgehead atoms. The number of aromatic nitrogens is 1. The van der Waals surface area contributed by atoms with Crippen LogP contribution in [0.1, 0.15) is 63.7 Å². The molecular formula is C34H46ClN3O5Si. The van der Waals surface area contributed by atoms with Crippen LogP contribution in [0.15, 0.2) is 66.7 Å². The zero-order chi connectivity index (χ0) is 32.7. The lowest BCUT2D eigenvalue weighted by molar-refractivity contribution is 0.0165. The fourth-order valence-corrected chi connectivity index (χ4v) is 5.65. The van der Waals surface area contributed by atoms with Gasteiger partial charge in [-0.25, -0.2) is 14.6 Å². The molecule has 3 rings (SSSR count). The van der Waals surface area contributed by atoms with E-state index in [0.717, 1.165) is 16.8 Å². The van der Waals surface area contributed by atoms with Gasteiger partial charge >= 0.3 is 12.1 Å². The number of esters is 1. The van der Waals surface area contributed by atoms with Crippen molar-refractivity contribution in [1.82, 2.24) is 9.88 Å². The highest BCUT2D eigenvalue weighted by atomic mass is 35.5. The van der Waals surface area contributed by atoms with Gasteiger partial charge in [-0.05, 0) is 80.9 Å². The van der Waals surface area contributed by atoms with Gasteiger partial charge in [0.15, 0.2) is 8.32 Å². The van der Waals surface area contributed by atoms with Crippen LogP contribution in [0.3, 0.4) is 0 Å². The Hall–Kier alpha value is -3.40. The summed E-state index contributed by atoms with van der Waals surface area (Å²) in [7, 11) is -0.893. The zero-order valence-corrected chi connectivity index (χ0v) is 29.1. The number of hydrogen-bond acceptors (Lipinski definition) is 7. The number of nitrogens with one attached hydrogen (secondary N) is 1. The SMILES string of the molecule is COC(=O)c1cccc(-c2cccc(NCCN(C[C@H](O[Si](C)(C)C(C)(C)C)c3cccc(Cl)c3)C(=O)OC(C)(C)C)c2)n1. The first-order valence-electron chi connectivity index (χ1n) is 14.8. The number of rotatable bonds is 11. The molecule has 1 amide bonds.